The molecule has 0 spiro atoms. The second-order valence-corrected chi connectivity index (χ2v) is 6.05. The van der Waals surface area contributed by atoms with E-state index in [-0.39, 0.29) is 6.10 Å². The molecule has 0 N–H and O–H groups in total. The summed E-state index contributed by atoms with van der Waals surface area (Å²) in [6.45, 7) is 0.953. The van der Waals surface area contributed by atoms with Gasteiger partial charge in [0, 0.05) is 18.8 Å². The van der Waals surface area contributed by atoms with Crippen LogP contribution in [-0.2, 0) is 10.0 Å². The minimum atomic E-state index is -3.13. The summed E-state index contributed by atoms with van der Waals surface area (Å²) in [7, 11) is -3.13. The quantitative estimate of drug-likeness (QED) is 0.777. The normalized spacial score (nSPS) is 22.3. The van der Waals surface area contributed by atoms with Gasteiger partial charge in [-0.05, 0) is 18.9 Å². The summed E-state index contributed by atoms with van der Waals surface area (Å²) in [6.07, 6.45) is 4.28. The molecule has 94 valence electrons. The first kappa shape index (κ1) is 12.3. The van der Waals surface area contributed by atoms with Crippen molar-refractivity contribution in [2.24, 2.45) is 0 Å². The number of sulfonamides is 1. The summed E-state index contributed by atoms with van der Waals surface area (Å²) >= 11 is 0. The Morgan fingerprint density at radius 1 is 1.53 bits per heavy atom. The Bertz CT molecular complexity index is 463. The third kappa shape index (κ3) is 3.37. The van der Waals surface area contributed by atoms with Crippen molar-refractivity contribution in [3.8, 4) is 5.88 Å². The first-order valence-electron chi connectivity index (χ1n) is 5.45. The molecule has 7 heteroatoms. The highest BCUT2D eigenvalue weighted by Gasteiger charge is 2.27. The Kier molecular flexibility index (Phi) is 3.58. The third-order valence-corrected chi connectivity index (χ3v) is 3.91. The van der Waals surface area contributed by atoms with Crippen molar-refractivity contribution in [3.63, 3.8) is 0 Å². The zero-order chi connectivity index (χ0) is 12.3. The first-order chi connectivity index (χ1) is 8.05. The number of nitrogens with zero attached hydrogens (tertiary/aromatic N) is 3. The van der Waals surface area contributed by atoms with Crippen LogP contribution in [0.5, 0.6) is 5.88 Å². The van der Waals surface area contributed by atoms with Crippen LogP contribution in [0.3, 0.4) is 0 Å². The van der Waals surface area contributed by atoms with Crippen molar-refractivity contribution in [2.75, 3.05) is 19.3 Å². The molecule has 1 aromatic rings. The van der Waals surface area contributed by atoms with Crippen LogP contribution in [0.25, 0.3) is 0 Å². The van der Waals surface area contributed by atoms with Gasteiger partial charge < -0.3 is 4.74 Å². The van der Waals surface area contributed by atoms with E-state index >= 15 is 0 Å². The lowest BCUT2D eigenvalue weighted by Gasteiger charge is -2.30. The van der Waals surface area contributed by atoms with E-state index in [0.29, 0.717) is 19.0 Å². The minimum Gasteiger partial charge on any atom is -0.472 e. The van der Waals surface area contributed by atoms with E-state index in [0.717, 1.165) is 12.8 Å². The molecule has 1 saturated heterocycles. The summed E-state index contributed by atoms with van der Waals surface area (Å²) in [5.74, 6) is 0.438. The predicted octanol–water partition coefficient (Wildman–Crippen LogP) is 0.279. The largest absolute Gasteiger partial charge is 0.472 e. The molecule has 1 aliphatic rings. The van der Waals surface area contributed by atoms with E-state index < -0.39 is 10.0 Å². The number of hydrogen-bond donors (Lipinski definition) is 0. The molecule has 2 rings (SSSR count). The smallest absolute Gasteiger partial charge is 0.233 e. The van der Waals surface area contributed by atoms with Crippen molar-refractivity contribution in [1.29, 1.82) is 0 Å². The van der Waals surface area contributed by atoms with E-state index in [2.05, 4.69) is 10.2 Å². The Balaban J connectivity index is 1.99. The van der Waals surface area contributed by atoms with Crippen molar-refractivity contribution >= 4 is 10.0 Å². The zero-order valence-electron chi connectivity index (χ0n) is 9.61. The van der Waals surface area contributed by atoms with Crippen LogP contribution in [0.4, 0.5) is 0 Å². The fourth-order valence-corrected chi connectivity index (χ4v) is 2.72. The van der Waals surface area contributed by atoms with Crippen molar-refractivity contribution in [1.82, 2.24) is 14.5 Å². The van der Waals surface area contributed by atoms with Gasteiger partial charge in [0.15, 0.2) is 0 Å². The van der Waals surface area contributed by atoms with Gasteiger partial charge in [0.2, 0.25) is 15.9 Å². The average molecular weight is 257 g/mol. The van der Waals surface area contributed by atoms with Gasteiger partial charge >= 0.3 is 0 Å². The van der Waals surface area contributed by atoms with Gasteiger partial charge in [0.1, 0.15) is 6.10 Å². The molecule has 6 nitrogen and oxygen atoms in total. The molecule has 1 unspecified atom stereocenters. The summed E-state index contributed by atoms with van der Waals surface area (Å²) in [5.41, 5.74) is 0. The second kappa shape index (κ2) is 4.97. The molecule has 0 saturated carbocycles. The number of piperidine rings is 1. The summed E-state index contributed by atoms with van der Waals surface area (Å²) in [4.78, 5) is 0. The van der Waals surface area contributed by atoms with Gasteiger partial charge in [-0.3, -0.25) is 0 Å². The van der Waals surface area contributed by atoms with E-state index in [4.69, 9.17) is 4.74 Å². The molecule has 1 aliphatic heterocycles. The topological polar surface area (TPSA) is 72.4 Å². The molecule has 0 aromatic carbocycles. The number of aromatic nitrogens is 2. The fraction of sp³-hybridized carbons (Fsp3) is 0.600. The Hall–Kier alpha value is -1.21. The van der Waals surface area contributed by atoms with E-state index in [1.807, 2.05) is 0 Å². The van der Waals surface area contributed by atoms with Crippen LogP contribution < -0.4 is 4.74 Å². The lowest BCUT2D eigenvalue weighted by Crippen LogP contribution is -2.43. The lowest BCUT2D eigenvalue weighted by atomic mass is 10.1. The van der Waals surface area contributed by atoms with Gasteiger partial charge in [0.25, 0.3) is 0 Å². The van der Waals surface area contributed by atoms with Crippen molar-refractivity contribution in [3.05, 3.63) is 18.3 Å². The van der Waals surface area contributed by atoms with Crippen LogP contribution in [0.15, 0.2) is 18.3 Å². The maximum atomic E-state index is 11.4. The van der Waals surface area contributed by atoms with E-state index in [9.17, 15) is 8.42 Å². The minimum absolute atomic E-state index is 0.143. The molecule has 2 heterocycles. The van der Waals surface area contributed by atoms with Gasteiger partial charge in [-0.2, -0.15) is 9.40 Å². The van der Waals surface area contributed by atoms with Gasteiger partial charge in [0.05, 0.1) is 12.8 Å². The molecular formula is C10H15N3O3S. The highest BCUT2D eigenvalue weighted by atomic mass is 32.2. The van der Waals surface area contributed by atoms with Crippen molar-refractivity contribution < 1.29 is 13.2 Å². The molecular weight excluding hydrogens is 242 g/mol. The van der Waals surface area contributed by atoms with Gasteiger partial charge in [-0.15, -0.1) is 5.10 Å². The van der Waals surface area contributed by atoms with Crippen LogP contribution >= 0.6 is 0 Å². The Morgan fingerprint density at radius 3 is 3.00 bits per heavy atom. The van der Waals surface area contributed by atoms with Crippen LogP contribution in [-0.4, -0.2) is 48.4 Å². The van der Waals surface area contributed by atoms with E-state index in [1.54, 1.807) is 18.3 Å². The number of rotatable bonds is 3. The maximum absolute atomic E-state index is 11.4. The maximum Gasteiger partial charge on any atom is 0.233 e. The molecule has 1 aromatic heterocycles. The molecule has 1 fully saturated rings. The molecule has 0 amide bonds. The first-order valence-corrected chi connectivity index (χ1v) is 7.30. The van der Waals surface area contributed by atoms with Crippen LogP contribution in [0.1, 0.15) is 12.8 Å². The molecule has 0 radical (unpaired) electrons. The number of ether oxygens (including phenoxy) is 1. The second-order valence-electron chi connectivity index (χ2n) is 4.06. The Morgan fingerprint density at radius 2 is 2.35 bits per heavy atom. The van der Waals surface area contributed by atoms with E-state index in [1.165, 1.54) is 10.6 Å². The summed E-state index contributed by atoms with van der Waals surface area (Å²) < 4.78 is 29.9. The molecule has 1 atom stereocenters. The standard InChI is InChI=1S/C10H15N3O3S/c1-17(14,15)13-7-3-4-9(8-13)16-10-5-2-6-11-12-10/h2,5-6,9H,3-4,7-8H2,1H3. The molecule has 17 heavy (non-hydrogen) atoms. The Labute approximate surface area is 101 Å². The summed E-state index contributed by atoms with van der Waals surface area (Å²) in [5, 5.41) is 7.53. The average Bonchev–Trinajstić information content (AvgIpc) is 2.29. The summed E-state index contributed by atoms with van der Waals surface area (Å²) in [6, 6.07) is 3.45. The fourth-order valence-electron chi connectivity index (χ4n) is 1.82. The highest BCUT2D eigenvalue weighted by Crippen LogP contribution is 2.17. The van der Waals surface area contributed by atoms with Gasteiger partial charge in [-0.25, -0.2) is 8.42 Å². The van der Waals surface area contributed by atoms with Crippen LogP contribution in [0, 0.1) is 0 Å². The zero-order valence-corrected chi connectivity index (χ0v) is 10.4. The third-order valence-electron chi connectivity index (χ3n) is 2.65. The predicted molar refractivity (Wildman–Crippen MR) is 62.1 cm³/mol. The monoisotopic (exact) mass is 257 g/mol. The highest BCUT2D eigenvalue weighted by molar-refractivity contribution is 7.88. The lowest BCUT2D eigenvalue weighted by molar-refractivity contribution is 0.124. The molecule has 0 aliphatic carbocycles. The van der Waals surface area contributed by atoms with Crippen molar-refractivity contribution in [2.45, 2.75) is 18.9 Å². The van der Waals surface area contributed by atoms with Gasteiger partial charge in [-0.1, -0.05) is 0 Å². The molecule has 0 bridgehead atoms. The SMILES string of the molecule is CS(=O)(=O)N1CCCC(Oc2cccnn2)C1. The number of hydrogen-bond acceptors (Lipinski definition) is 5. The van der Waals surface area contributed by atoms with Crippen LogP contribution in [0.2, 0.25) is 0 Å².